The first-order valence-corrected chi connectivity index (χ1v) is 10.8. The Kier molecular flexibility index (Phi) is 5.86. The molecule has 10 heteroatoms. The summed E-state index contributed by atoms with van der Waals surface area (Å²) in [5, 5.41) is 10.0. The standard InChI is InChI=1S/C25H22FN3O6/c1-32-17-6-5-16(27-11-17)13-34-23-18-10-20(24(30)31)29(12-14(18)3-8-21(23)33-2)25-28-19-7-4-15(26)9-22(19)35-25/h3-9,11,20H,10,12-13H2,1-2H3,(H,30,31). The summed E-state index contributed by atoms with van der Waals surface area (Å²) in [5.74, 6) is 0.0870. The average Bonchev–Trinajstić information content (AvgIpc) is 3.29. The summed E-state index contributed by atoms with van der Waals surface area (Å²) >= 11 is 0. The Balaban J connectivity index is 1.48. The first-order chi connectivity index (χ1) is 17.0. The SMILES string of the molecule is COc1ccc(COc2c(OC)ccc3c2CC(C(=O)O)N(c2nc4ccc(F)cc4o2)C3)nc1. The molecule has 5 rings (SSSR count). The van der Waals surface area contributed by atoms with Crippen LogP contribution >= 0.6 is 0 Å². The molecule has 0 fully saturated rings. The molecule has 4 aromatic rings. The Hall–Kier alpha value is -4.34. The van der Waals surface area contributed by atoms with E-state index in [9.17, 15) is 14.3 Å². The number of pyridine rings is 1. The number of hydrogen-bond donors (Lipinski definition) is 1. The van der Waals surface area contributed by atoms with Gasteiger partial charge in [-0.2, -0.15) is 4.98 Å². The van der Waals surface area contributed by atoms with E-state index in [1.54, 1.807) is 36.4 Å². The number of halogens is 1. The van der Waals surface area contributed by atoms with Gasteiger partial charge < -0.3 is 28.6 Å². The molecule has 1 unspecified atom stereocenters. The molecule has 35 heavy (non-hydrogen) atoms. The number of ether oxygens (including phenoxy) is 3. The molecule has 0 amide bonds. The number of anilines is 1. The minimum absolute atomic E-state index is 0.115. The van der Waals surface area contributed by atoms with Crippen molar-refractivity contribution in [1.82, 2.24) is 9.97 Å². The molecule has 1 aliphatic heterocycles. The molecule has 3 heterocycles. The monoisotopic (exact) mass is 479 g/mol. The predicted octanol–water partition coefficient (Wildman–Crippen LogP) is 3.97. The number of fused-ring (bicyclic) bond motifs is 2. The fourth-order valence-corrected chi connectivity index (χ4v) is 4.13. The number of aliphatic carboxylic acids is 1. The molecule has 0 saturated carbocycles. The number of oxazole rings is 1. The summed E-state index contributed by atoms with van der Waals surface area (Å²) < 4.78 is 36.1. The van der Waals surface area contributed by atoms with Crippen molar-refractivity contribution in [3.05, 3.63) is 71.3 Å². The van der Waals surface area contributed by atoms with Crippen molar-refractivity contribution in [2.24, 2.45) is 0 Å². The Labute approximate surface area is 199 Å². The topological polar surface area (TPSA) is 107 Å². The molecule has 0 aliphatic carbocycles. The maximum atomic E-state index is 13.6. The van der Waals surface area contributed by atoms with E-state index in [0.717, 1.165) is 11.1 Å². The van der Waals surface area contributed by atoms with Gasteiger partial charge in [-0.05, 0) is 35.9 Å². The molecule has 1 N–H and O–H groups in total. The van der Waals surface area contributed by atoms with Gasteiger partial charge in [-0.25, -0.2) is 9.18 Å². The summed E-state index contributed by atoms with van der Waals surface area (Å²) in [5.41, 5.74) is 2.94. The third kappa shape index (κ3) is 4.30. The summed E-state index contributed by atoms with van der Waals surface area (Å²) in [4.78, 5) is 22.5. The number of rotatable bonds is 7. The van der Waals surface area contributed by atoms with Gasteiger partial charge in [0.1, 0.15) is 29.7 Å². The largest absolute Gasteiger partial charge is 0.495 e. The van der Waals surface area contributed by atoms with Crippen LogP contribution in [0.15, 0.2) is 53.1 Å². The van der Waals surface area contributed by atoms with Crippen LogP contribution in [0.3, 0.4) is 0 Å². The molecule has 1 atom stereocenters. The van der Waals surface area contributed by atoms with Crippen molar-refractivity contribution in [3.63, 3.8) is 0 Å². The molecular weight excluding hydrogens is 457 g/mol. The van der Waals surface area contributed by atoms with E-state index in [1.165, 1.54) is 25.3 Å². The highest BCUT2D eigenvalue weighted by molar-refractivity contribution is 5.81. The van der Waals surface area contributed by atoms with Crippen LogP contribution in [0.5, 0.6) is 17.2 Å². The molecule has 0 spiro atoms. The highest BCUT2D eigenvalue weighted by Gasteiger charge is 2.36. The van der Waals surface area contributed by atoms with Gasteiger partial charge in [-0.1, -0.05) is 6.07 Å². The highest BCUT2D eigenvalue weighted by atomic mass is 19.1. The zero-order valence-corrected chi connectivity index (χ0v) is 19.0. The van der Waals surface area contributed by atoms with Crippen molar-refractivity contribution in [2.45, 2.75) is 25.6 Å². The van der Waals surface area contributed by atoms with Gasteiger partial charge in [0.05, 0.1) is 26.1 Å². The summed E-state index contributed by atoms with van der Waals surface area (Å²) in [6, 6.07) is 10.3. The Morgan fingerprint density at radius 1 is 1.20 bits per heavy atom. The molecule has 2 aromatic carbocycles. The number of benzene rings is 2. The van der Waals surface area contributed by atoms with Gasteiger partial charge in [0.2, 0.25) is 0 Å². The third-order valence-corrected chi connectivity index (χ3v) is 5.92. The minimum atomic E-state index is -1.05. The van der Waals surface area contributed by atoms with E-state index in [0.29, 0.717) is 28.5 Å². The zero-order valence-electron chi connectivity index (χ0n) is 19.0. The lowest BCUT2D eigenvalue weighted by atomic mass is 9.93. The minimum Gasteiger partial charge on any atom is -0.495 e. The number of carboxylic acids is 1. The van der Waals surface area contributed by atoms with Crippen molar-refractivity contribution in [2.75, 3.05) is 19.1 Å². The molecule has 9 nitrogen and oxygen atoms in total. The van der Waals surface area contributed by atoms with Crippen LogP contribution in [0.2, 0.25) is 0 Å². The second-order valence-corrected chi connectivity index (χ2v) is 8.01. The van der Waals surface area contributed by atoms with Crippen LogP contribution in [0.4, 0.5) is 10.4 Å². The van der Waals surface area contributed by atoms with Gasteiger partial charge >= 0.3 is 5.97 Å². The molecule has 2 aromatic heterocycles. The maximum Gasteiger partial charge on any atom is 0.326 e. The summed E-state index contributed by atoms with van der Waals surface area (Å²) in [6.07, 6.45) is 1.72. The fourth-order valence-electron chi connectivity index (χ4n) is 4.13. The van der Waals surface area contributed by atoms with Crippen molar-refractivity contribution >= 4 is 23.1 Å². The second kappa shape index (κ2) is 9.13. The zero-order chi connectivity index (χ0) is 24.5. The molecule has 0 saturated heterocycles. The van der Waals surface area contributed by atoms with Crippen molar-refractivity contribution < 1.29 is 32.9 Å². The number of hydrogen-bond acceptors (Lipinski definition) is 8. The normalized spacial score (nSPS) is 15.1. The lowest BCUT2D eigenvalue weighted by Crippen LogP contribution is -2.46. The van der Waals surface area contributed by atoms with E-state index >= 15 is 0 Å². The fraction of sp³-hybridized carbons (Fsp3) is 0.240. The van der Waals surface area contributed by atoms with Crippen LogP contribution in [0.1, 0.15) is 16.8 Å². The van der Waals surface area contributed by atoms with E-state index in [-0.39, 0.29) is 31.2 Å². The summed E-state index contributed by atoms with van der Waals surface area (Å²) in [7, 11) is 3.09. The molecular formula is C25H22FN3O6. The van der Waals surface area contributed by atoms with Gasteiger partial charge in [0, 0.05) is 24.6 Å². The van der Waals surface area contributed by atoms with Gasteiger partial charge in [-0.15, -0.1) is 0 Å². The second-order valence-electron chi connectivity index (χ2n) is 8.01. The molecule has 0 bridgehead atoms. The number of aromatic nitrogens is 2. The Bertz CT molecular complexity index is 1390. The lowest BCUT2D eigenvalue weighted by molar-refractivity contribution is -0.138. The van der Waals surface area contributed by atoms with Crippen LogP contribution in [-0.2, 0) is 24.4 Å². The molecule has 1 aliphatic rings. The Morgan fingerprint density at radius 2 is 2.06 bits per heavy atom. The van der Waals surface area contributed by atoms with E-state index in [4.69, 9.17) is 18.6 Å². The van der Waals surface area contributed by atoms with Gasteiger partial charge in [0.15, 0.2) is 17.1 Å². The number of carbonyl (C=O) groups is 1. The average molecular weight is 479 g/mol. The van der Waals surface area contributed by atoms with Gasteiger partial charge in [0.25, 0.3) is 6.01 Å². The van der Waals surface area contributed by atoms with E-state index in [2.05, 4.69) is 9.97 Å². The molecule has 0 radical (unpaired) electrons. The van der Waals surface area contributed by atoms with Crippen LogP contribution in [0, 0.1) is 5.82 Å². The van der Waals surface area contributed by atoms with E-state index in [1.807, 2.05) is 6.07 Å². The predicted molar refractivity (Wildman–Crippen MR) is 123 cm³/mol. The summed E-state index contributed by atoms with van der Waals surface area (Å²) in [6.45, 7) is 0.373. The van der Waals surface area contributed by atoms with Gasteiger partial charge in [-0.3, -0.25) is 4.98 Å². The van der Waals surface area contributed by atoms with E-state index < -0.39 is 17.8 Å². The van der Waals surface area contributed by atoms with Crippen LogP contribution in [-0.4, -0.2) is 41.3 Å². The van der Waals surface area contributed by atoms with Crippen LogP contribution in [0.25, 0.3) is 11.1 Å². The first kappa shape index (κ1) is 22.5. The van der Waals surface area contributed by atoms with Crippen molar-refractivity contribution in [1.29, 1.82) is 0 Å². The highest BCUT2D eigenvalue weighted by Crippen LogP contribution is 2.40. The quantitative estimate of drug-likeness (QED) is 0.421. The first-order valence-electron chi connectivity index (χ1n) is 10.8. The number of nitrogens with zero attached hydrogens (tertiary/aromatic N) is 3. The molecule has 180 valence electrons. The number of methoxy groups -OCH3 is 2. The van der Waals surface area contributed by atoms with Crippen LogP contribution < -0.4 is 19.1 Å². The lowest BCUT2D eigenvalue weighted by Gasteiger charge is -2.34. The van der Waals surface area contributed by atoms with Crippen molar-refractivity contribution in [3.8, 4) is 17.2 Å². The Morgan fingerprint density at radius 3 is 2.77 bits per heavy atom. The maximum absolute atomic E-state index is 13.6. The smallest absolute Gasteiger partial charge is 0.326 e. The number of carboxylic acid groups (broad SMARTS) is 1. The third-order valence-electron chi connectivity index (χ3n) is 5.92.